The summed E-state index contributed by atoms with van der Waals surface area (Å²) >= 11 is 8.31. The molecule has 2 heterocycles. The highest BCUT2D eigenvalue weighted by Crippen LogP contribution is 2.40. The lowest BCUT2D eigenvalue weighted by Gasteiger charge is -2.26. The Bertz CT molecular complexity index is 1590. The first kappa shape index (κ1) is 27.2. The molecule has 0 unspecified atom stereocenters. The van der Waals surface area contributed by atoms with Crippen molar-refractivity contribution in [3.05, 3.63) is 81.4 Å². The maximum Gasteiger partial charge on any atom is 0.338 e. The van der Waals surface area contributed by atoms with Crippen LogP contribution in [0.15, 0.2) is 60.3 Å². The second-order valence-corrected chi connectivity index (χ2v) is 10.7. The summed E-state index contributed by atoms with van der Waals surface area (Å²) in [6, 6.07) is 8.24. The summed E-state index contributed by atoms with van der Waals surface area (Å²) in [6.45, 7) is 3.65. The van der Waals surface area contributed by atoms with Gasteiger partial charge < -0.3 is 18.9 Å². The van der Waals surface area contributed by atoms with Gasteiger partial charge in [-0.05, 0) is 55.8 Å². The molecule has 11 heteroatoms. The summed E-state index contributed by atoms with van der Waals surface area (Å²) in [5, 5.41) is 0. The number of esters is 1. The number of hydrogen-bond acceptors (Lipinski definition) is 8. The number of allylic oxidation sites excluding steroid dienone is 1. The molecule has 1 aliphatic rings. The lowest BCUT2D eigenvalue weighted by Crippen LogP contribution is -2.40. The summed E-state index contributed by atoms with van der Waals surface area (Å²) in [6.07, 6.45) is 1.76. The van der Waals surface area contributed by atoms with Gasteiger partial charge in [-0.1, -0.05) is 43.2 Å². The molecule has 0 fully saturated rings. The maximum atomic E-state index is 13.9. The maximum absolute atomic E-state index is 13.9. The Kier molecular flexibility index (Phi) is 8.25. The fourth-order valence-corrected chi connectivity index (χ4v) is 6.08. The average Bonchev–Trinajstić information content (AvgIpc) is 3.17. The smallest absolute Gasteiger partial charge is 0.338 e. The Labute approximate surface area is 234 Å². The molecule has 4 rings (SSSR count). The Morgan fingerprint density at radius 2 is 1.76 bits per heavy atom. The molecule has 0 saturated heterocycles. The van der Waals surface area contributed by atoms with Crippen LogP contribution in [0.25, 0.3) is 6.08 Å². The number of hydrogen-bond donors (Lipinski definition) is 0. The number of fused-ring (bicyclic) bond motifs is 1. The van der Waals surface area contributed by atoms with E-state index in [1.807, 2.05) is 18.2 Å². The van der Waals surface area contributed by atoms with Crippen LogP contribution in [0, 0.1) is 0 Å². The molecule has 0 aliphatic carbocycles. The first-order chi connectivity index (χ1) is 17.7. The van der Waals surface area contributed by atoms with Gasteiger partial charge in [0.2, 0.25) is 0 Å². The Morgan fingerprint density at radius 3 is 2.41 bits per heavy atom. The number of benzene rings is 2. The minimum absolute atomic E-state index is 0.183. The molecule has 8 nitrogen and oxygen atoms in total. The molecule has 0 saturated carbocycles. The van der Waals surface area contributed by atoms with Crippen molar-refractivity contribution in [3.8, 4) is 17.2 Å². The van der Waals surface area contributed by atoms with E-state index in [9.17, 15) is 9.59 Å². The molecule has 3 aromatic rings. The number of methoxy groups -OCH3 is 3. The van der Waals surface area contributed by atoms with Crippen molar-refractivity contribution in [1.29, 1.82) is 0 Å². The van der Waals surface area contributed by atoms with Gasteiger partial charge in [-0.2, -0.15) is 0 Å². The molecule has 0 amide bonds. The molecular formula is C26H24Br2N2O6S. The van der Waals surface area contributed by atoms with Crippen LogP contribution in [-0.4, -0.2) is 38.5 Å². The zero-order chi connectivity index (χ0) is 26.9. The molecule has 1 aromatic heterocycles. The third kappa shape index (κ3) is 5.12. The van der Waals surface area contributed by atoms with Crippen molar-refractivity contribution in [1.82, 2.24) is 4.57 Å². The van der Waals surface area contributed by atoms with E-state index in [2.05, 4.69) is 36.9 Å². The zero-order valence-corrected chi connectivity index (χ0v) is 24.7. The lowest BCUT2D eigenvalue weighted by atomic mass is 9.95. The van der Waals surface area contributed by atoms with E-state index in [0.29, 0.717) is 42.3 Å². The Morgan fingerprint density at radius 1 is 1.08 bits per heavy atom. The number of carbonyl (C=O) groups is 1. The van der Waals surface area contributed by atoms with Gasteiger partial charge in [0.1, 0.15) is 5.75 Å². The second-order valence-electron chi connectivity index (χ2n) is 7.92. The quantitative estimate of drug-likeness (QED) is 0.353. The summed E-state index contributed by atoms with van der Waals surface area (Å²) < 4.78 is 25.2. The van der Waals surface area contributed by atoms with E-state index in [0.717, 1.165) is 10.0 Å². The van der Waals surface area contributed by atoms with Gasteiger partial charge in [-0.3, -0.25) is 9.36 Å². The Balaban J connectivity index is 2.03. The van der Waals surface area contributed by atoms with Gasteiger partial charge in [-0.25, -0.2) is 9.79 Å². The highest BCUT2D eigenvalue weighted by Gasteiger charge is 2.35. The predicted octanol–water partition coefficient (Wildman–Crippen LogP) is 4.35. The van der Waals surface area contributed by atoms with E-state index < -0.39 is 12.0 Å². The van der Waals surface area contributed by atoms with Crippen molar-refractivity contribution in [2.24, 2.45) is 4.99 Å². The van der Waals surface area contributed by atoms with Crippen LogP contribution in [0.4, 0.5) is 0 Å². The number of rotatable bonds is 7. The molecule has 37 heavy (non-hydrogen) atoms. The van der Waals surface area contributed by atoms with Crippen molar-refractivity contribution in [2.45, 2.75) is 19.9 Å². The average molecular weight is 652 g/mol. The number of carbonyl (C=O) groups excluding carboxylic acids is 1. The standard InChI is InChI=1S/C26H24Br2N2O6S/c1-6-36-25(32)22-13(2)29-26-30(23(22)16-11-19(34-4)20(35-5)12-17(16)28)24(31)21(37-26)10-14-9-15(27)7-8-18(14)33-3/h7-12,23H,6H2,1-5H3/b21-10-/t23-/m0/s1. The molecule has 0 bridgehead atoms. The molecule has 0 N–H and O–H groups in total. The molecule has 1 atom stereocenters. The molecule has 0 spiro atoms. The van der Waals surface area contributed by atoms with Gasteiger partial charge >= 0.3 is 5.97 Å². The number of aromatic nitrogens is 1. The fourth-order valence-electron chi connectivity index (χ4n) is 4.12. The highest BCUT2D eigenvalue weighted by molar-refractivity contribution is 9.10. The lowest BCUT2D eigenvalue weighted by molar-refractivity contribution is -0.139. The summed E-state index contributed by atoms with van der Waals surface area (Å²) in [5.74, 6) is 1.04. The van der Waals surface area contributed by atoms with E-state index in [1.54, 1.807) is 39.2 Å². The molecule has 2 aromatic carbocycles. The normalized spacial score (nSPS) is 15.2. The number of ether oxygens (including phenoxy) is 4. The number of thiazole rings is 1. The van der Waals surface area contributed by atoms with Crippen molar-refractivity contribution in [3.63, 3.8) is 0 Å². The van der Waals surface area contributed by atoms with E-state index in [1.165, 1.54) is 30.1 Å². The highest BCUT2D eigenvalue weighted by atomic mass is 79.9. The van der Waals surface area contributed by atoms with E-state index in [4.69, 9.17) is 18.9 Å². The van der Waals surface area contributed by atoms with Gasteiger partial charge in [0.15, 0.2) is 16.3 Å². The number of halogens is 2. The summed E-state index contributed by atoms with van der Waals surface area (Å²) in [7, 11) is 4.64. The second kappa shape index (κ2) is 11.2. The number of nitrogens with zero attached hydrogens (tertiary/aromatic N) is 2. The van der Waals surface area contributed by atoms with Crippen LogP contribution in [0.5, 0.6) is 17.2 Å². The molecule has 194 valence electrons. The van der Waals surface area contributed by atoms with Crippen molar-refractivity contribution in [2.75, 3.05) is 27.9 Å². The van der Waals surface area contributed by atoms with Crippen LogP contribution < -0.4 is 29.1 Å². The molecule has 0 radical (unpaired) electrons. The third-order valence-corrected chi connectivity index (χ3v) is 7.96. The van der Waals surface area contributed by atoms with Crippen molar-refractivity contribution < 1.29 is 23.7 Å². The van der Waals surface area contributed by atoms with Gasteiger partial charge in [0.05, 0.1) is 49.8 Å². The first-order valence-corrected chi connectivity index (χ1v) is 13.6. The summed E-state index contributed by atoms with van der Waals surface area (Å²) in [4.78, 5) is 32.1. The minimum Gasteiger partial charge on any atom is -0.496 e. The van der Waals surface area contributed by atoms with E-state index in [-0.39, 0.29) is 17.7 Å². The van der Waals surface area contributed by atoms with Crippen LogP contribution in [0.2, 0.25) is 0 Å². The largest absolute Gasteiger partial charge is 0.496 e. The van der Waals surface area contributed by atoms with E-state index >= 15 is 0 Å². The monoisotopic (exact) mass is 650 g/mol. The van der Waals surface area contributed by atoms with Gasteiger partial charge in [-0.15, -0.1) is 0 Å². The van der Waals surface area contributed by atoms with Crippen molar-refractivity contribution >= 4 is 55.2 Å². The Hall–Kier alpha value is -2.89. The van der Waals surface area contributed by atoms with Gasteiger partial charge in [0.25, 0.3) is 5.56 Å². The van der Waals surface area contributed by atoms with Crippen LogP contribution >= 0.6 is 43.2 Å². The van der Waals surface area contributed by atoms with Crippen LogP contribution in [0.1, 0.15) is 31.0 Å². The first-order valence-electron chi connectivity index (χ1n) is 11.2. The summed E-state index contributed by atoms with van der Waals surface area (Å²) in [5.41, 5.74) is 1.80. The van der Waals surface area contributed by atoms with Gasteiger partial charge in [0, 0.05) is 14.5 Å². The molecular weight excluding hydrogens is 628 g/mol. The zero-order valence-electron chi connectivity index (χ0n) is 20.8. The topological polar surface area (TPSA) is 88.4 Å². The molecule has 1 aliphatic heterocycles. The van der Waals surface area contributed by atoms with Crippen LogP contribution in [0.3, 0.4) is 0 Å². The minimum atomic E-state index is -0.809. The SMILES string of the molecule is CCOC(=O)C1=C(C)N=c2s/c(=C\c3cc(Br)ccc3OC)c(=O)n2[C@H]1c1cc(OC)c(OC)cc1Br. The van der Waals surface area contributed by atoms with Crippen LogP contribution in [-0.2, 0) is 9.53 Å². The fraction of sp³-hybridized carbons (Fsp3) is 0.269. The third-order valence-electron chi connectivity index (χ3n) is 5.79. The predicted molar refractivity (Wildman–Crippen MR) is 148 cm³/mol.